The molecule has 28 heavy (non-hydrogen) atoms. The first-order chi connectivity index (χ1) is 13.5. The van der Waals surface area contributed by atoms with Gasteiger partial charge in [0.15, 0.2) is 18.1 Å². The molecule has 0 aromatic heterocycles. The van der Waals surface area contributed by atoms with Crippen LogP contribution in [0.1, 0.15) is 5.56 Å². The van der Waals surface area contributed by atoms with Gasteiger partial charge in [-0.05, 0) is 29.8 Å². The molecule has 7 nitrogen and oxygen atoms in total. The maximum atomic E-state index is 12.4. The van der Waals surface area contributed by atoms with Gasteiger partial charge in [0.25, 0.3) is 5.91 Å². The number of para-hydroxylation sites is 2. The summed E-state index contributed by atoms with van der Waals surface area (Å²) in [5, 5.41) is 2.37. The van der Waals surface area contributed by atoms with Gasteiger partial charge in [-0.2, -0.15) is 8.78 Å². The van der Waals surface area contributed by atoms with E-state index in [0.29, 0.717) is 30.3 Å². The minimum absolute atomic E-state index is 0.0516. The number of hydrogen-bond donors (Lipinski definition) is 1. The predicted octanol–water partition coefficient (Wildman–Crippen LogP) is 2.78. The van der Waals surface area contributed by atoms with Crippen molar-refractivity contribution in [2.45, 2.75) is 13.0 Å². The van der Waals surface area contributed by atoms with Gasteiger partial charge in [0, 0.05) is 0 Å². The summed E-state index contributed by atoms with van der Waals surface area (Å²) in [6.45, 7) is -2.69. The second kappa shape index (κ2) is 9.03. The summed E-state index contributed by atoms with van der Waals surface area (Å²) in [4.78, 5) is 23.9. The van der Waals surface area contributed by atoms with Crippen molar-refractivity contribution < 1.29 is 37.3 Å². The molecule has 1 aliphatic rings. The maximum absolute atomic E-state index is 12.4. The van der Waals surface area contributed by atoms with Crippen molar-refractivity contribution in [3.8, 4) is 17.2 Å². The number of alkyl halides is 2. The summed E-state index contributed by atoms with van der Waals surface area (Å²) in [6.07, 6.45) is -0.0605. The highest BCUT2D eigenvalue weighted by atomic mass is 19.3. The molecule has 0 spiro atoms. The molecule has 2 aromatic rings. The van der Waals surface area contributed by atoms with E-state index in [1.165, 1.54) is 18.2 Å². The molecule has 0 radical (unpaired) electrons. The van der Waals surface area contributed by atoms with Crippen LogP contribution in [0.15, 0.2) is 42.5 Å². The number of nitrogens with one attached hydrogen (secondary N) is 1. The Labute approximate surface area is 159 Å². The van der Waals surface area contributed by atoms with E-state index in [1.807, 2.05) is 0 Å². The predicted molar refractivity (Wildman–Crippen MR) is 93.8 cm³/mol. The molecule has 0 fully saturated rings. The standard InChI is InChI=1S/C19H17F2NO6/c20-19(21)28-14-4-2-1-3-13(14)22-17(23)11-27-18(24)10-12-5-6-15-16(9-12)26-8-7-25-15/h1-6,9,19H,7-8,10-11H2,(H,22,23). The summed E-state index contributed by atoms with van der Waals surface area (Å²) in [7, 11) is 0. The number of hydrogen-bond acceptors (Lipinski definition) is 6. The molecule has 2 aromatic carbocycles. The van der Waals surface area contributed by atoms with Crippen LogP contribution in [0.4, 0.5) is 14.5 Å². The van der Waals surface area contributed by atoms with Crippen LogP contribution in [0.2, 0.25) is 0 Å². The third kappa shape index (κ3) is 5.32. The van der Waals surface area contributed by atoms with E-state index in [-0.39, 0.29) is 17.9 Å². The van der Waals surface area contributed by atoms with E-state index in [2.05, 4.69) is 10.1 Å². The van der Waals surface area contributed by atoms with Gasteiger partial charge >= 0.3 is 12.6 Å². The van der Waals surface area contributed by atoms with Crippen LogP contribution in [0.5, 0.6) is 17.2 Å². The fourth-order valence-corrected chi connectivity index (χ4v) is 2.52. The van der Waals surface area contributed by atoms with Gasteiger partial charge in [-0.1, -0.05) is 18.2 Å². The maximum Gasteiger partial charge on any atom is 0.387 e. The Balaban J connectivity index is 1.50. The molecule has 148 valence electrons. The first kappa shape index (κ1) is 19.4. The van der Waals surface area contributed by atoms with E-state index in [4.69, 9.17) is 14.2 Å². The van der Waals surface area contributed by atoms with E-state index in [0.717, 1.165) is 0 Å². The third-order valence-corrected chi connectivity index (χ3v) is 3.70. The Kier molecular flexibility index (Phi) is 6.25. The van der Waals surface area contributed by atoms with Crippen molar-refractivity contribution in [2.75, 3.05) is 25.1 Å². The van der Waals surface area contributed by atoms with Crippen LogP contribution in [0.25, 0.3) is 0 Å². The Hall–Kier alpha value is -3.36. The lowest BCUT2D eigenvalue weighted by molar-refractivity contribution is -0.146. The Morgan fingerprint density at radius 1 is 1.07 bits per heavy atom. The number of halogens is 2. The number of ether oxygens (including phenoxy) is 4. The summed E-state index contributed by atoms with van der Waals surface area (Å²) in [5.74, 6) is -0.337. The second-order valence-corrected chi connectivity index (χ2v) is 5.74. The molecule has 0 saturated carbocycles. The molecule has 0 aliphatic carbocycles. The SMILES string of the molecule is O=C(COC(=O)Cc1ccc2c(c1)OCCO2)Nc1ccccc1OC(F)F. The van der Waals surface area contributed by atoms with Gasteiger partial charge in [0.05, 0.1) is 12.1 Å². The van der Waals surface area contributed by atoms with Crippen molar-refractivity contribution in [3.05, 3.63) is 48.0 Å². The topological polar surface area (TPSA) is 83.1 Å². The Morgan fingerprint density at radius 3 is 2.61 bits per heavy atom. The Bertz CT molecular complexity index is 858. The molecule has 1 aliphatic heterocycles. The number of rotatable bonds is 7. The van der Waals surface area contributed by atoms with Crippen molar-refractivity contribution in [3.63, 3.8) is 0 Å². The number of anilines is 1. The van der Waals surface area contributed by atoms with Crippen LogP contribution < -0.4 is 19.5 Å². The van der Waals surface area contributed by atoms with Crippen LogP contribution >= 0.6 is 0 Å². The molecular weight excluding hydrogens is 376 g/mol. The largest absolute Gasteiger partial charge is 0.486 e. The monoisotopic (exact) mass is 393 g/mol. The van der Waals surface area contributed by atoms with Gasteiger partial charge in [-0.25, -0.2) is 0 Å². The molecule has 3 rings (SSSR count). The van der Waals surface area contributed by atoms with Crippen LogP contribution in [-0.4, -0.2) is 38.3 Å². The minimum Gasteiger partial charge on any atom is -0.486 e. The number of carbonyl (C=O) groups is 2. The second-order valence-electron chi connectivity index (χ2n) is 5.74. The molecular formula is C19H17F2NO6. The molecule has 9 heteroatoms. The van der Waals surface area contributed by atoms with Crippen molar-refractivity contribution in [2.24, 2.45) is 0 Å². The lowest BCUT2D eigenvalue weighted by Crippen LogP contribution is -2.22. The summed E-state index contributed by atoms with van der Waals surface area (Å²) >= 11 is 0. The van der Waals surface area contributed by atoms with E-state index in [9.17, 15) is 18.4 Å². The number of carbonyl (C=O) groups excluding carboxylic acids is 2. The number of fused-ring (bicyclic) bond motifs is 1. The van der Waals surface area contributed by atoms with Crippen molar-refractivity contribution in [1.29, 1.82) is 0 Å². The van der Waals surface area contributed by atoms with Gasteiger partial charge in [0.1, 0.15) is 19.0 Å². The molecule has 0 atom stereocenters. The highest BCUT2D eigenvalue weighted by Gasteiger charge is 2.15. The van der Waals surface area contributed by atoms with Crippen LogP contribution in [0.3, 0.4) is 0 Å². The van der Waals surface area contributed by atoms with E-state index < -0.39 is 25.1 Å². The molecule has 0 unspecified atom stereocenters. The van der Waals surface area contributed by atoms with Crippen molar-refractivity contribution in [1.82, 2.24) is 0 Å². The molecule has 0 saturated heterocycles. The van der Waals surface area contributed by atoms with Gasteiger partial charge in [0.2, 0.25) is 0 Å². The highest BCUT2D eigenvalue weighted by molar-refractivity contribution is 5.94. The lowest BCUT2D eigenvalue weighted by atomic mass is 10.1. The average Bonchev–Trinajstić information content (AvgIpc) is 2.67. The van der Waals surface area contributed by atoms with Gasteiger partial charge in [-0.15, -0.1) is 0 Å². The van der Waals surface area contributed by atoms with Crippen LogP contribution in [0, 0.1) is 0 Å². The fraction of sp³-hybridized carbons (Fsp3) is 0.263. The zero-order chi connectivity index (χ0) is 19.9. The number of benzene rings is 2. The lowest BCUT2D eigenvalue weighted by Gasteiger charge is -2.18. The van der Waals surface area contributed by atoms with Crippen molar-refractivity contribution >= 4 is 17.6 Å². The highest BCUT2D eigenvalue weighted by Crippen LogP contribution is 2.31. The fourth-order valence-electron chi connectivity index (χ4n) is 2.52. The number of esters is 1. The summed E-state index contributed by atoms with van der Waals surface area (Å²) in [5.41, 5.74) is 0.695. The van der Waals surface area contributed by atoms with Gasteiger partial charge in [-0.3, -0.25) is 9.59 Å². The first-order valence-corrected chi connectivity index (χ1v) is 8.39. The third-order valence-electron chi connectivity index (χ3n) is 3.70. The first-order valence-electron chi connectivity index (χ1n) is 8.39. The van der Waals surface area contributed by atoms with Crippen LogP contribution in [-0.2, 0) is 20.7 Å². The molecule has 1 amide bonds. The minimum atomic E-state index is -3.03. The van der Waals surface area contributed by atoms with Gasteiger partial charge < -0.3 is 24.3 Å². The number of amides is 1. The smallest absolute Gasteiger partial charge is 0.387 e. The van der Waals surface area contributed by atoms with E-state index >= 15 is 0 Å². The zero-order valence-electron chi connectivity index (χ0n) is 14.7. The quantitative estimate of drug-likeness (QED) is 0.729. The Morgan fingerprint density at radius 2 is 1.82 bits per heavy atom. The zero-order valence-corrected chi connectivity index (χ0v) is 14.7. The molecule has 1 heterocycles. The van der Waals surface area contributed by atoms with E-state index in [1.54, 1.807) is 24.3 Å². The summed E-state index contributed by atoms with van der Waals surface area (Å²) < 4.78 is 44.9. The molecule has 0 bridgehead atoms. The molecule has 1 N–H and O–H groups in total. The summed E-state index contributed by atoms with van der Waals surface area (Å²) in [6, 6.07) is 10.8. The normalized spacial score (nSPS) is 12.4. The average molecular weight is 393 g/mol.